The van der Waals surface area contributed by atoms with Crippen molar-refractivity contribution in [1.29, 1.82) is 0 Å². The summed E-state index contributed by atoms with van der Waals surface area (Å²) in [7, 11) is 0. The fourth-order valence-electron chi connectivity index (χ4n) is 2.51. The minimum atomic E-state index is -0.356. The molecule has 1 amide bonds. The third-order valence-corrected chi connectivity index (χ3v) is 4.77. The van der Waals surface area contributed by atoms with Crippen LogP contribution in [0.4, 0.5) is 4.39 Å². The van der Waals surface area contributed by atoms with Gasteiger partial charge in [-0.15, -0.1) is 0 Å². The summed E-state index contributed by atoms with van der Waals surface area (Å²) in [5.74, 6) is -0.663. The number of carbonyl (C=O) groups is 1. The lowest BCUT2D eigenvalue weighted by molar-refractivity contribution is -0.113. The number of halogens is 1. The fourth-order valence-corrected chi connectivity index (χ4v) is 3.60. The monoisotopic (exact) mass is 370 g/mol. The van der Waals surface area contributed by atoms with Crippen LogP contribution in [-0.2, 0) is 16.1 Å². The first-order chi connectivity index (χ1) is 12.7. The van der Waals surface area contributed by atoms with Crippen molar-refractivity contribution in [3.8, 4) is 0 Å². The number of amides is 1. The zero-order valence-corrected chi connectivity index (χ0v) is 15.2. The van der Waals surface area contributed by atoms with Crippen molar-refractivity contribution in [2.45, 2.75) is 13.5 Å². The van der Waals surface area contributed by atoms with E-state index in [9.17, 15) is 9.18 Å². The van der Waals surface area contributed by atoms with Gasteiger partial charge in [0.15, 0.2) is 4.80 Å². The number of nitrogens with zero attached hydrogens (tertiary/aromatic N) is 2. The van der Waals surface area contributed by atoms with Crippen molar-refractivity contribution in [1.82, 2.24) is 4.57 Å². The molecular weight excluding hydrogens is 351 g/mol. The second kappa shape index (κ2) is 8.69. The highest BCUT2D eigenvalue weighted by Crippen LogP contribution is 2.18. The highest BCUT2D eigenvalue weighted by atomic mass is 32.1. The number of ether oxygens (including phenoxy) is 1. The van der Waals surface area contributed by atoms with Crippen LogP contribution in [0, 0.1) is 5.82 Å². The minimum absolute atomic E-state index is 0.308. The molecule has 0 saturated heterocycles. The first-order valence-corrected chi connectivity index (χ1v) is 9.17. The zero-order chi connectivity index (χ0) is 18.4. The molecule has 1 heterocycles. The number of fused-ring (bicyclic) bond motifs is 1. The largest absolute Gasteiger partial charge is 0.380 e. The van der Waals surface area contributed by atoms with Crippen molar-refractivity contribution < 1.29 is 13.9 Å². The number of benzene rings is 2. The molecule has 0 aliphatic carbocycles. The Hall–Kier alpha value is -2.57. The van der Waals surface area contributed by atoms with Gasteiger partial charge in [-0.3, -0.25) is 4.79 Å². The minimum Gasteiger partial charge on any atom is -0.380 e. The van der Waals surface area contributed by atoms with E-state index in [-0.39, 0.29) is 11.7 Å². The maximum absolute atomic E-state index is 13.5. The van der Waals surface area contributed by atoms with E-state index in [1.807, 2.05) is 41.8 Å². The summed E-state index contributed by atoms with van der Waals surface area (Å²) in [6, 6.07) is 14.1. The molecule has 4 nitrogen and oxygen atoms in total. The summed E-state index contributed by atoms with van der Waals surface area (Å²) >= 11 is 1.29. The standard InChI is InChI=1S/C20H19FN2O2S/c1-2-25-13-12-23-17-10-9-16(21)14-18(17)26-20(23)22-19(24)11-8-15-6-4-3-5-7-15/h3-11,14H,2,12-13H2,1H3/b11-8+,22-20?. The molecule has 2 aromatic carbocycles. The van der Waals surface area contributed by atoms with Gasteiger partial charge >= 0.3 is 0 Å². The van der Waals surface area contributed by atoms with Crippen LogP contribution in [-0.4, -0.2) is 23.7 Å². The SMILES string of the molecule is CCOCCn1c(=NC(=O)/C=C/c2ccccc2)sc2cc(F)ccc21. The molecule has 0 bridgehead atoms. The summed E-state index contributed by atoms with van der Waals surface area (Å²) < 4.78 is 21.6. The van der Waals surface area contributed by atoms with Gasteiger partial charge in [-0.05, 0) is 36.8 Å². The van der Waals surface area contributed by atoms with Crippen LogP contribution in [0.3, 0.4) is 0 Å². The van der Waals surface area contributed by atoms with Crippen molar-refractivity contribution in [2.24, 2.45) is 4.99 Å². The molecule has 134 valence electrons. The molecule has 0 fully saturated rings. The Labute approximate surface area is 154 Å². The molecule has 1 aromatic heterocycles. The number of hydrogen-bond acceptors (Lipinski definition) is 3. The van der Waals surface area contributed by atoms with Gasteiger partial charge in [0.2, 0.25) is 0 Å². The maximum Gasteiger partial charge on any atom is 0.272 e. The molecule has 0 aliphatic heterocycles. The van der Waals surface area contributed by atoms with Crippen LogP contribution in [0.5, 0.6) is 0 Å². The molecule has 0 spiro atoms. The van der Waals surface area contributed by atoms with Crippen LogP contribution >= 0.6 is 11.3 Å². The normalized spacial score (nSPS) is 12.3. The van der Waals surface area contributed by atoms with Gasteiger partial charge < -0.3 is 9.30 Å². The first-order valence-electron chi connectivity index (χ1n) is 8.36. The highest BCUT2D eigenvalue weighted by molar-refractivity contribution is 7.16. The Balaban J connectivity index is 1.93. The van der Waals surface area contributed by atoms with Crippen LogP contribution in [0.1, 0.15) is 12.5 Å². The molecule has 0 atom stereocenters. The quantitative estimate of drug-likeness (QED) is 0.486. The summed E-state index contributed by atoms with van der Waals surface area (Å²) in [6.07, 6.45) is 3.16. The van der Waals surface area contributed by atoms with E-state index in [0.717, 1.165) is 15.8 Å². The fraction of sp³-hybridized carbons (Fsp3) is 0.200. The summed E-state index contributed by atoms with van der Waals surface area (Å²) in [5.41, 5.74) is 1.77. The van der Waals surface area contributed by atoms with E-state index in [0.29, 0.717) is 24.6 Å². The number of thiazole rings is 1. The molecule has 0 radical (unpaired) electrons. The Bertz CT molecular complexity index is 990. The molecule has 3 rings (SSSR count). The van der Waals surface area contributed by atoms with Gasteiger partial charge in [0.05, 0.1) is 16.8 Å². The Morgan fingerprint density at radius 2 is 2.08 bits per heavy atom. The zero-order valence-electron chi connectivity index (χ0n) is 14.4. The van der Waals surface area contributed by atoms with Gasteiger partial charge in [-0.2, -0.15) is 4.99 Å². The topological polar surface area (TPSA) is 43.6 Å². The molecular formula is C20H19FN2O2S. The average molecular weight is 370 g/mol. The molecule has 0 unspecified atom stereocenters. The number of hydrogen-bond donors (Lipinski definition) is 0. The summed E-state index contributed by atoms with van der Waals surface area (Å²) in [5, 5.41) is 0. The van der Waals surface area contributed by atoms with E-state index in [4.69, 9.17) is 4.74 Å². The van der Waals surface area contributed by atoms with Gasteiger partial charge in [-0.1, -0.05) is 41.7 Å². The van der Waals surface area contributed by atoms with Crippen molar-refractivity contribution >= 4 is 33.5 Å². The predicted molar refractivity (Wildman–Crippen MR) is 102 cm³/mol. The predicted octanol–water partition coefficient (Wildman–Crippen LogP) is 4.02. The molecule has 0 saturated carbocycles. The Morgan fingerprint density at radius 3 is 2.85 bits per heavy atom. The molecule has 26 heavy (non-hydrogen) atoms. The summed E-state index contributed by atoms with van der Waals surface area (Å²) in [6.45, 7) is 3.59. The number of aromatic nitrogens is 1. The molecule has 0 aliphatic rings. The Morgan fingerprint density at radius 1 is 1.27 bits per heavy atom. The maximum atomic E-state index is 13.5. The smallest absolute Gasteiger partial charge is 0.272 e. The highest BCUT2D eigenvalue weighted by Gasteiger charge is 2.08. The van der Waals surface area contributed by atoms with Crippen LogP contribution in [0.2, 0.25) is 0 Å². The van der Waals surface area contributed by atoms with Crippen LogP contribution < -0.4 is 4.80 Å². The molecule has 6 heteroatoms. The molecule has 0 N–H and O–H groups in total. The summed E-state index contributed by atoms with van der Waals surface area (Å²) in [4.78, 5) is 17.0. The van der Waals surface area contributed by atoms with Crippen molar-refractivity contribution in [2.75, 3.05) is 13.2 Å². The second-order valence-electron chi connectivity index (χ2n) is 5.54. The van der Waals surface area contributed by atoms with Gasteiger partial charge in [0, 0.05) is 19.2 Å². The van der Waals surface area contributed by atoms with Crippen LogP contribution in [0.25, 0.3) is 16.3 Å². The first kappa shape index (κ1) is 18.2. The van der Waals surface area contributed by atoms with Crippen molar-refractivity contribution in [3.05, 3.63) is 70.8 Å². The third-order valence-electron chi connectivity index (χ3n) is 3.73. The van der Waals surface area contributed by atoms with Crippen LogP contribution in [0.15, 0.2) is 59.6 Å². The lowest BCUT2D eigenvalue weighted by Gasteiger charge is -2.05. The van der Waals surface area contributed by atoms with Gasteiger partial charge in [0.1, 0.15) is 5.82 Å². The van der Waals surface area contributed by atoms with E-state index >= 15 is 0 Å². The van der Waals surface area contributed by atoms with Gasteiger partial charge in [-0.25, -0.2) is 4.39 Å². The van der Waals surface area contributed by atoms with E-state index < -0.39 is 0 Å². The second-order valence-corrected chi connectivity index (χ2v) is 6.55. The van der Waals surface area contributed by atoms with E-state index in [1.165, 1.54) is 29.5 Å². The van der Waals surface area contributed by atoms with E-state index in [2.05, 4.69) is 4.99 Å². The average Bonchev–Trinajstić information content (AvgIpc) is 2.97. The lowest BCUT2D eigenvalue weighted by Crippen LogP contribution is -2.19. The Kier molecular flexibility index (Phi) is 6.09. The number of carbonyl (C=O) groups excluding carboxylic acids is 1. The van der Waals surface area contributed by atoms with Gasteiger partial charge in [0.25, 0.3) is 5.91 Å². The lowest BCUT2D eigenvalue weighted by atomic mass is 10.2. The van der Waals surface area contributed by atoms with E-state index in [1.54, 1.807) is 12.1 Å². The molecule has 3 aromatic rings. The van der Waals surface area contributed by atoms with Crippen molar-refractivity contribution in [3.63, 3.8) is 0 Å². The number of rotatable bonds is 6. The third kappa shape index (κ3) is 4.53.